The van der Waals surface area contributed by atoms with Crippen LogP contribution in [-0.4, -0.2) is 25.1 Å². The smallest absolute Gasteiger partial charge is 0.317 e. The van der Waals surface area contributed by atoms with Crippen molar-refractivity contribution in [2.75, 3.05) is 14.2 Å². The molecule has 0 saturated carbocycles. The molecule has 1 N–H and O–H groups in total. The maximum atomic E-state index is 13.7. The van der Waals surface area contributed by atoms with Gasteiger partial charge < -0.3 is 15.0 Å². The molecule has 0 fully saturated rings. The lowest BCUT2D eigenvalue weighted by atomic mass is 10.0. The standard InChI is InChI=1S/C19H22F2N2O2/c1-12-5-8-18(25-4)16(9-12)13(2)22-19(24)23(3)11-14-6-7-15(20)10-17(14)21/h5-10,13H,11H2,1-4H3,(H,22,24). The van der Waals surface area contributed by atoms with E-state index in [0.29, 0.717) is 5.75 Å². The van der Waals surface area contributed by atoms with Crippen LogP contribution in [0.2, 0.25) is 0 Å². The Hall–Kier alpha value is -2.63. The highest BCUT2D eigenvalue weighted by molar-refractivity contribution is 5.74. The van der Waals surface area contributed by atoms with E-state index in [0.717, 1.165) is 17.2 Å². The molecule has 0 aliphatic heterocycles. The molecule has 2 aromatic carbocycles. The van der Waals surface area contributed by atoms with Gasteiger partial charge in [-0.05, 0) is 26.0 Å². The number of benzene rings is 2. The molecule has 2 rings (SSSR count). The van der Waals surface area contributed by atoms with Crippen LogP contribution in [0.25, 0.3) is 0 Å². The van der Waals surface area contributed by atoms with Gasteiger partial charge in [-0.3, -0.25) is 0 Å². The highest BCUT2D eigenvalue weighted by Gasteiger charge is 2.18. The Morgan fingerprint density at radius 2 is 1.96 bits per heavy atom. The topological polar surface area (TPSA) is 41.6 Å². The van der Waals surface area contributed by atoms with Gasteiger partial charge in [0, 0.05) is 30.8 Å². The van der Waals surface area contributed by atoms with Gasteiger partial charge in [0.1, 0.15) is 17.4 Å². The summed E-state index contributed by atoms with van der Waals surface area (Å²) in [5.41, 5.74) is 2.16. The van der Waals surface area contributed by atoms with Crippen LogP contribution in [-0.2, 0) is 6.54 Å². The molecule has 6 heteroatoms. The fourth-order valence-corrected chi connectivity index (χ4v) is 2.54. The molecule has 0 aliphatic rings. The van der Waals surface area contributed by atoms with E-state index >= 15 is 0 Å². The molecular weight excluding hydrogens is 326 g/mol. The van der Waals surface area contributed by atoms with Crippen molar-refractivity contribution in [2.45, 2.75) is 26.4 Å². The van der Waals surface area contributed by atoms with Crippen LogP contribution in [0.1, 0.15) is 29.7 Å². The molecule has 0 saturated heterocycles. The summed E-state index contributed by atoms with van der Waals surface area (Å²) in [7, 11) is 3.13. The number of methoxy groups -OCH3 is 1. The van der Waals surface area contributed by atoms with Crippen LogP contribution in [0.4, 0.5) is 13.6 Å². The Labute approximate surface area is 146 Å². The lowest BCUT2D eigenvalue weighted by Gasteiger charge is -2.23. The number of halogens is 2. The summed E-state index contributed by atoms with van der Waals surface area (Å²) in [6, 6.07) is 8.39. The van der Waals surface area contributed by atoms with E-state index in [2.05, 4.69) is 5.32 Å². The fraction of sp³-hybridized carbons (Fsp3) is 0.316. The molecule has 1 unspecified atom stereocenters. The van der Waals surface area contributed by atoms with Crippen LogP contribution < -0.4 is 10.1 Å². The zero-order valence-corrected chi connectivity index (χ0v) is 14.8. The minimum absolute atomic E-state index is 0.0373. The third-order valence-electron chi connectivity index (χ3n) is 3.96. The lowest BCUT2D eigenvalue weighted by Crippen LogP contribution is -2.38. The molecule has 134 valence electrons. The van der Waals surface area contributed by atoms with E-state index < -0.39 is 11.6 Å². The number of ether oxygens (including phenoxy) is 1. The predicted octanol–water partition coefficient (Wildman–Crippen LogP) is 4.18. The SMILES string of the molecule is COc1ccc(C)cc1C(C)NC(=O)N(C)Cc1ccc(F)cc1F. The van der Waals surface area contributed by atoms with E-state index in [1.165, 1.54) is 17.0 Å². The largest absolute Gasteiger partial charge is 0.496 e. The highest BCUT2D eigenvalue weighted by atomic mass is 19.1. The van der Waals surface area contributed by atoms with Gasteiger partial charge in [-0.2, -0.15) is 0 Å². The minimum atomic E-state index is -0.673. The molecule has 25 heavy (non-hydrogen) atoms. The first-order valence-corrected chi connectivity index (χ1v) is 7.92. The van der Waals surface area contributed by atoms with Crippen molar-refractivity contribution in [3.63, 3.8) is 0 Å². The average molecular weight is 348 g/mol. The third-order valence-corrected chi connectivity index (χ3v) is 3.96. The van der Waals surface area contributed by atoms with Crippen molar-refractivity contribution in [1.82, 2.24) is 10.2 Å². The van der Waals surface area contributed by atoms with Crippen LogP contribution >= 0.6 is 0 Å². The van der Waals surface area contributed by atoms with Gasteiger partial charge in [0.2, 0.25) is 0 Å². The van der Waals surface area contributed by atoms with Gasteiger partial charge in [0.25, 0.3) is 0 Å². The van der Waals surface area contributed by atoms with Gasteiger partial charge in [-0.25, -0.2) is 13.6 Å². The molecular formula is C19H22F2N2O2. The van der Waals surface area contributed by atoms with E-state index in [4.69, 9.17) is 4.74 Å². The Balaban J connectivity index is 2.06. The number of aryl methyl sites for hydroxylation is 1. The zero-order valence-electron chi connectivity index (χ0n) is 14.8. The minimum Gasteiger partial charge on any atom is -0.496 e. The molecule has 0 bridgehead atoms. The highest BCUT2D eigenvalue weighted by Crippen LogP contribution is 2.26. The first kappa shape index (κ1) is 18.7. The maximum absolute atomic E-state index is 13.7. The molecule has 2 amide bonds. The molecule has 0 aliphatic carbocycles. The van der Waals surface area contributed by atoms with Gasteiger partial charge in [-0.15, -0.1) is 0 Å². The Morgan fingerprint density at radius 3 is 2.60 bits per heavy atom. The number of nitrogens with one attached hydrogen (secondary N) is 1. The molecule has 1 atom stereocenters. The summed E-state index contributed by atoms with van der Waals surface area (Å²) in [4.78, 5) is 13.7. The summed E-state index contributed by atoms with van der Waals surface area (Å²) in [6.07, 6.45) is 0. The van der Waals surface area contributed by atoms with Crippen LogP contribution in [0.5, 0.6) is 5.75 Å². The molecule has 0 heterocycles. The summed E-state index contributed by atoms with van der Waals surface area (Å²) in [6.45, 7) is 3.85. The van der Waals surface area contributed by atoms with Gasteiger partial charge >= 0.3 is 6.03 Å². The first-order valence-electron chi connectivity index (χ1n) is 7.92. The number of rotatable bonds is 5. The number of hydrogen-bond donors (Lipinski definition) is 1. The number of nitrogens with zero attached hydrogens (tertiary/aromatic N) is 1. The third kappa shape index (κ3) is 4.68. The van der Waals surface area contributed by atoms with Gasteiger partial charge in [-0.1, -0.05) is 23.8 Å². The van der Waals surface area contributed by atoms with Crippen LogP contribution in [0.3, 0.4) is 0 Å². The number of carbonyl (C=O) groups excluding carboxylic acids is 1. The Bertz CT molecular complexity index is 765. The van der Waals surface area contributed by atoms with Crippen LogP contribution in [0, 0.1) is 18.6 Å². The second kappa shape index (κ2) is 7.96. The molecule has 2 aromatic rings. The van der Waals surface area contributed by atoms with E-state index in [9.17, 15) is 13.6 Å². The van der Waals surface area contributed by atoms with E-state index in [-0.39, 0.29) is 24.2 Å². The first-order chi connectivity index (χ1) is 11.8. The molecule has 0 spiro atoms. The second-order valence-electron chi connectivity index (χ2n) is 6.01. The monoisotopic (exact) mass is 348 g/mol. The fourth-order valence-electron chi connectivity index (χ4n) is 2.54. The van der Waals surface area contributed by atoms with Crippen molar-refractivity contribution in [3.05, 3.63) is 64.7 Å². The van der Waals surface area contributed by atoms with Gasteiger partial charge in [0.05, 0.1) is 13.2 Å². The van der Waals surface area contributed by atoms with Crippen molar-refractivity contribution in [2.24, 2.45) is 0 Å². The predicted molar refractivity (Wildman–Crippen MR) is 92.5 cm³/mol. The van der Waals surface area contributed by atoms with Crippen molar-refractivity contribution < 1.29 is 18.3 Å². The second-order valence-corrected chi connectivity index (χ2v) is 6.01. The Kier molecular flexibility index (Phi) is 5.96. The van der Waals surface area contributed by atoms with Crippen molar-refractivity contribution >= 4 is 6.03 Å². The molecule has 0 radical (unpaired) electrons. The number of amides is 2. The summed E-state index contributed by atoms with van der Waals surface area (Å²) < 4.78 is 32.0. The van der Waals surface area contributed by atoms with Crippen molar-refractivity contribution in [1.29, 1.82) is 0 Å². The number of hydrogen-bond acceptors (Lipinski definition) is 2. The number of carbonyl (C=O) groups is 1. The normalized spacial score (nSPS) is 11.8. The lowest BCUT2D eigenvalue weighted by molar-refractivity contribution is 0.203. The molecule has 4 nitrogen and oxygen atoms in total. The quantitative estimate of drug-likeness (QED) is 0.880. The van der Waals surface area contributed by atoms with E-state index in [1.54, 1.807) is 14.2 Å². The maximum Gasteiger partial charge on any atom is 0.317 e. The summed E-state index contributed by atoms with van der Waals surface area (Å²) >= 11 is 0. The van der Waals surface area contributed by atoms with Crippen LogP contribution in [0.15, 0.2) is 36.4 Å². The number of urea groups is 1. The van der Waals surface area contributed by atoms with Gasteiger partial charge in [0.15, 0.2) is 0 Å². The zero-order chi connectivity index (χ0) is 18.6. The summed E-state index contributed by atoms with van der Waals surface area (Å²) in [5.74, 6) is -0.632. The van der Waals surface area contributed by atoms with Crippen molar-refractivity contribution in [3.8, 4) is 5.75 Å². The molecule has 0 aromatic heterocycles. The van der Waals surface area contributed by atoms with E-state index in [1.807, 2.05) is 32.0 Å². The average Bonchev–Trinajstić information content (AvgIpc) is 2.57. The Morgan fingerprint density at radius 1 is 1.24 bits per heavy atom. The summed E-state index contributed by atoms with van der Waals surface area (Å²) in [5, 5.41) is 2.86.